The minimum atomic E-state index is -0.407. The van der Waals surface area contributed by atoms with Gasteiger partial charge in [-0.15, -0.1) is 0 Å². The van der Waals surface area contributed by atoms with Gasteiger partial charge in [0.15, 0.2) is 0 Å². The lowest BCUT2D eigenvalue weighted by Crippen LogP contribution is -2.43. The summed E-state index contributed by atoms with van der Waals surface area (Å²) in [7, 11) is 0. The van der Waals surface area contributed by atoms with Gasteiger partial charge in [0, 0.05) is 6.42 Å². The molecule has 3 aliphatic rings. The van der Waals surface area contributed by atoms with E-state index in [-0.39, 0.29) is 0 Å². The average Bonchev–Trinajstić information content (AvgIpc) is 3.10. The van der Waals surface area contributed by atoms with Gasteiger partial charge in [-0.1, -0.05) is 44.5 Å². The molecule has 3 fully saturated rings. The SMILES string of the molecule is CC(C)c1ccc(CC2(O)CC3CC2C2CCCC32)cc1. The average molecular weight is 284 g/mol. The lowest BCUT2D eigenvalue weighted by atomic mass is 9.70. The van der Waals surface area contributed by atoms with Crippen molar-refractivity contribution in [2.75, 3.05) is 0 Å². The zero-order valence-corrected chi connectivity index (χ0v) is 13.4. The van der Waals surface area contributed by atoms with Crippen molar-refractivity contribution in [3.63, 3.8) is 0 Å². The van der Waals surface area contributed by atoms with Crippen LogP contribution in [0.15, 0.2) is 24.3 Å². The van der Waals surface area contributed by atoms with Crippen molar-refractivity contribution in [3.05, 3.63) is 35.4 Å². The van der Waals surface area contributed by atoms with Crippen LogP contribution in [0.25, 0.3) is 0 Å². The van der Waals surface area contributed by atoms with Gasteiger partial charge in [-0.25, -0.2) is 0 Å². The normalized spacial score (nSPS) is 41.0. The summed E-state index contributed by atoms with van der Waals surface area (Å²) in [5.74, 6) is 3.79. The molecule has 0 aromatic heterocycles. The van der Waals surface area contributed by atoms with Gasteiger partial charge in [-0.05, 0) is 66.4 Å². The molecule has 0 heterocycles. The molecule has 5 unspecified atom stereocenters. The molecule has 0 aliphatic heterocycles. The summed E-state index contributed by atoms with van der Waals surface area (Å²) < 4.78 is 0. The van der Waals surface area contributed by atoms with Gasteiger partial charge in [-0.2, -0.15) is 0 Å². The number of fused-ring (bicyclic) bond motifs is 5. The molecule has 0 radical (unpaired) electrons. The Labute approximate surface area is 128 Å². The van der Waals surface area contributed by atoms with Crippen LogP contribution in [0.2, 0.25) is 0 Å². The van der Waals surface area contributed by atoms with E-state index in [9.17, 15) is 5.11 Å². The first-order valence-electron chi connectivity index (χ1n) is 8.88. The molecule has 21 heavy (non-hydrogen) atoms. The zero-order valence-electron chi connectivity index (χ0n) is 13.4. The number of hydrogen-bond donors (Lipinski definition) is 1. The van der Waals surface area contributed by atoms with Gasteiger partial charge in [0.1, 0.15) is 0 Å². The number of aliphatic hydroxyl groups is 1. The van der Waals surface area contributed by atoms with Crippen molar-refractivity contribution >= 4 is 0 Å². The predicted molar refractivity (Wildman–Crippen MR) is 86.2 cm³/mol. The highest BCUT2D eigenvalue weighted by molar-refractivity contribution is 5.27. The molecule has 114 valence electrons. The Morgan fingerprint density at radius 1 is 1.14 bits per heavy atom. The van der Waals surface area contributed by atoms with E-state index in [1.807, 2.05) is 0 Å². The first kappa shape index (κ1) is 13.8. The maximum atomic E-state index is 11.3. The molecule has 1 N–H and O–H groups in total. The molecule has 5 atom stereocenters. The Bertz CT molecular complexity index is 517. The minimum Gasteiger partial charge on any atom is -0.389 e. The maximum Gasteiger partial charge on any atom is 0.0721 e. The van der Waals surface area contributed by atoms with Crippen molar-refractivity contribution in [2.24, 2.45) is 23.7 Å². The first-order valence-corrected chi connectivity index (χ1v) is 8.88. The third-order valence-electron chi connectivity index (χ3n) is 6.77. The van der Waals surface area contributed by atoms with Crippen molar-refractivity contribution < 1.29 is 5.11 Å². The lowest BCUT2D eigenvalue weighted by molar-refractivity contribution is -0.0450. The molecule has 1 heteroatoms. The van der Waals surface area contributed by atoms with Gasteiger partial charge in [-0.3, -0.25) is 0 Å². The Morgan fingerprint density at radius 2 is 1.86 bits per heavy atom. The van der Waals surface area contributed by atoms with Crippen LogP contribution >= 0.6 is 0 Å². The third kappa shape index (κ3) is 2.16. The van der Waals surface area contributed by atoms with E-state index >= 15 is 0 Å². The van der Waals surface area contributed by atoms with Gasteiger partial charge in [0.25, 0.3) is 0 Å². The monoisotopic (exact) mass is 284 g/mol. The quantitative estimate of drug-likeness (QED) is 0.864. The highest BCUT2D eigenvalue weighted by Gasteiger charge is 2.59. The summed E-state index contributed by atoms with van der Waals surface area (Å²) in [5.41, 5.74) is 2.31. The van der Waals surface area contributed by atoms with Crippen LogP contribution in [0, 0.1) is 23.7 Å². The molecule has 3 saturated carbocycles. The van der Waals surface area contributed by atoms with E-state index in [4.69, 9.17) is 0 Å². The maximum absolute atomic E-state index is 11.3. The molecule has 1 nitrogen and oxygen atoms in total. The standard InChI is InChI=1S/C20H28O/c1-13(2)15-8-6-14(7-9-15)11-20(21)12-16-10-19(20)18-5-3-4-17(16)18/h6-9,13,16-19,21H,3-5,10-12H2,1-2H3. The summed E-state index contributed by atoms with van der Waals surface area (Å²) in [6, 6.07) is 8.97. The molecular weight excluding hydrogens is 256 g/mol. The van der Waals surface area contributed by atoms with Crippen LogP contribution in [0.4, 0.5) is 0 Å². The number of benzene rings is 1. The molecule has 4 rings (SSSR count). The topological polar surface area (TPSA) is 20.2 Å². The third-order valence-corrected chi connectivity index (χ3v) is 6.77. The van der Waals surface area contributed by atoms with Crippen LogP contribution in [-0.2, 0) is 6.42 Å². The smallest absolute Gasteiger partial charge is 0.0721 e. The Kier molecular flexibility index (Phi) is 3.19. The fourth-order valence-corrected chi connectivity index (χ4v) is 5.81. The number of rotatable bonds is 3. The first-order chi connectivity index (χ1) is 10.1. The van der Waals surface area contributed by atoms with Crippen molar-refractivity contribution in [2.45, 2.75) is 63.9 Å². The van der Waals surface area contributed by atoms with Crippen LogP contribution in [0.3, 0.4) is 0 Å². The molecule has 0 saturated heterocycles. The molecule has 0 amide bonds. The van der Waals surface area contributed by atoms with E-state index < -0.39 is 5.60 Å². The van der Waals surface area contributed by atoms with Crippen LogP contribution in [-0.4, -0.2) is 10.7 Å². The van der Waals surface area contributed by atoms with Crippen molar-refractivity contribution in [1.82, 2.24) is 0 Å². The largest absolute Gasteiger partial charge is 0.389 e. The Hall–Kier alpha value is -0.820. The summed E-state index contributed by atoms with van der Waals surface area (Å²) >= 11 is 0. The Morgan fingerprint density at radius 3 is 2.57 bits per heavy atom. The number of hydrogen-bond acceptors (Lipinski definition) is 1. The van der Waals surface area contributed by atoms with Crippen LogP contribution in [0.1, 0.15) is 63.0 Å². The highest BCUT2D eigenvalue weighted by Crippen LogP contribution is 2.62. The van der Waals surface area contributed by atoms with E-state index in [1.54, 1.807) is 0 Å². The van der Waals surface area contributed by atoms with Gasteiger partial charge in [0.05, 0.1) is 5.60 Å². The summed E-state index contributed by atoms with van der Waals surface area (Å²) in [4.78, 5) is 0. The minimum absolute atomic E-state index is 0.407. The molecule has 1 aromatic carbocycles. The molecule has 2 bridgehead atoms. The van der Waals surface area contributed by atoms with E-state index in [1.165, 1.54) is 36.8 Å². The second kappa shape index (κ2) is 4.84. The predicted octanol–water partition coefficient (Wildman–Crippen LogP) is 4.54. The highest BCUT2D eigenvalue weighted by atomic mass is 16.3. The second-order valence-corrected chi connectivity index (χ2v) is 8.24. The second-order valence-electron chi connectivity index (χ2n) is 8.24. The fourth-order valence-electron chi connectivity index (χ4n) is 5.81. The van der Waals surface area contributed by atoms with Crippen LogP contribution in [0.5, 0.6) is 0 Å². The van der Waals surface area contributed by atoms with Crippen molar-refractivity contribution in [3.8, 4) is 0 Å². The summed E-state index contributed by atoms with van der Waals surface area (Å²) in [5, 5.41) is 11.3. The van der Waals surface area contributed by atoms with E-state index in [0.717, 1.165) is 30.6 Å². The van der Waals surface area contributed by atoms with Gasteiger partial charge < -0.3 is 5.11 Å². The van der Waals surface area contributed by atoms with Gasteiger partial charge in [0.2, 0.25) is 0 Å². The molecule has 1 aromatic rings. The van der Waals surface area contributed by atoms with E-state index in [0.29, 0.717) is 11.8 Å². The fraction of sp³-hybridized carbons (Fsp3) is 0.700. The van der Waals surface area contributed by atoms with Crippen LogP contribution < -0.4 is 0 Å². The summed E-state index contributed by atoms with van der Waals surface area (Å²) in [6.45, 7) is 4.47. The molecule has 0 spiro atoms. The van der Waals surface area contributed by atoms with Gasteiger partial charge >= 0.3 is 0 Å². The summed E-state index contributed by atoms with van der Waals surface area (Å²) in [6.07, 6.45) is 7.45. The zero-order chi connectivity index (χ0) is 14.6. The van der Waals surface area contributed by atoms with Crippen molar-refractivity contribution in [1.29, 1.82) is 0 Å². The molecule has 3 aliphatic carbocycles. The Balaban J connectivity index is 1.52. The lowest BCUT2D eigenvalue weighted by Gasteiger charge is -2.39. The molecular formula is C20H28O. The van der Waals surface area contributed by atoms with E-state index in [2.05, 4.69) is 38.1 Å².